The molecule has 160 valence electrons. The molecule has 3 nitrogen and oxygen atoms in total. The van der Waals surface area contributed by atoms with Crippen LogP contribution in [0.15, 0.2) is 47.8 Å². The molecule has 0 radical (unpaired) electrons. The average Bonchev–Trinajstić information content (AvgIpc) is 2.62. The Bertz CT molecular complexity index is 550. The Hall–Kier alpha value is -1.77. The van der Waals surface area contributed by atoms with Crippen molar-refractivity contribution in [3.8, 4) is 0 Å². The summed E-state index contributed by atoms with van der Waals surface area (Å²) in [5.74, 6) is -0.391. The number of carboxylic acid groups (broad SMARTS) is 1. The predicted octanol–water partition coefficient (Wildman–Crippen LogP) is 7.61. The second-order valence-electron chi connectivity index (χ2n) is 8.27. The first-order valence-corrected chi connectivity index (χ1v) is 10.8. The largest absolute Gasteiger partial charge is 0.482 e. The monoisotopic (exact) mass is 390 g/mol. The molecule has 0 saturated carbocycles. The van der Waals surface area contributed by atoms with Crippen molar-refractivity contribution in [3.05, 3.63) is 47.8 Å². The number of unbranched alkanes of at least 4 members (excludes halogenated alkanes) is 6. The highest BCUT2D eigenvalue weighted by molar-refractivity contribution is 5.68. The maximum Gasteiger partial charge on any atom is 0.341 e. The number of hydrogen-bond acceptors (Lipinski definition) is 2. The van der Waals surface area contributed by atoms with Gasteiger partial charge in [0.15, 0.2) is 6.61 Å². The summed E-state index contributed by atoms with van der Waals surface area (Å²) in [5.41, 5.74) is 2.22. The quantitative estimate of drug-likeness (QED) is 0.128. The molecule has 0 aliphatic rings. The smallest absolute Gasteiger partial charge is 0.341 e. The van der Waals surface area contributed by atoms with E-state index in [0.29, 0.717) is 5.76 Å². The maximum absolute atomic E-state index is 10.7. The minimum Gasteiger partial charge on any atom is -0.482 e. The first kappa shape index (κ1) is 26.2. The van der Waals surface area contributed by atoms with Crippen LogP contribution >= 0.6 is 0 Å². The Kier molecular flexibility index (Phi) is 14.2. The normalized spacial score (nSPS) is 13.2. The lowest BCUT2D eigenvalue weighted by Gasteiger charge is -2.21. The molecule has 0 aliphatic heterocycles. The van der Waals surface area contributed by atoms with E-state index in [0.717, 1.165) is 30.4 Å². The number of ether oxygens (including phenoxy) is 1. The highest BCUT2D eigenvalue weighted by Crippen LogP contribution is 2.29. The lowest BCUT2D eigenvalue weighted by Crippen LogP contribution is -2.09. The Labute approximate surface area is 173 Å². The summed E-state index contributed by atoms with van der Waals surface area (Å²) in [6.07, 6.45) is 19.4. The van der Waals surface area contributed by atoms with E-state index in [2.05, 4.69) is 39.5 Å². The molecule has 0 spiro atoms. The zero-order chi connectivity index (χ0) is 21.4. The van der Waals surface area contributed by atoms with E-state index in [1.54, 1.807) is 6.08 Å². The third-order valence-corrected chi connectivity index (χ3v) is 4.84. The first-order valence-electron chi connectivity index (χ1n) is 10.8. The van der Waals surface area contributed by atoms with Gasteiger partial charge in [0.05, 0.1) is 0 Å². The number of carboxylic acids is 1. The third-order valence-electron chi connectivity index (χ3n) is 4.84. The maximum atomic E-state index is 10.7. The van der Waals surface area contributed by atoms with E-state index >= 15 is 0 Å². The van der Waals surface area contributed by atoms with Gasteiger partial charge in [-0.3, -0.25) is 0 Å². The predicted molar refractivity (Wildman–Crippen MR) is 120 cm³/mol. The third kappa shape index (κ3) is 14.3. The van der Waals surface area contributed by atoms with E-state index in [-0.39, 0.29) is 12.0 Å². The van der Waals surface area contributed by atoms with Crippen LogP contribution in [0.3, 0.4) is 0 Å². The summed E-state index contributed by atoms with van der Waals surface area (Å²) in [6, 6.07) is 0. The average molecular weight is 391 g/mol. The van der Waals surface area contributed by atoms with Crippen molar-refractivity contribution < 1.29 is 14.6 Å². The Morgan fingerprint density at radius 3 is 2.36 bits per heavy atom. The van der Waals surface area contributed by atoms with Crippen molar-refractivity contribution in [1.82, 2.24) is 0 Å². The van der Waals surface area contributed by atoms with Crippen LogP contribution in [0.2, 0.25) is 0 Å². The number of hydrogen-bond donors (Lipinski definition) is 1. The number of carbonyl (C=O) groups is 1. The lowest BCUT2D eigenvalue weighted by atomic mass is 9.84. The Morgan fingerprint density at radius 1 is 1.14 bits per heavy atom. The zero-order valence-electron chi connectivity index (χ0n) is 18.9. The second kappa shape index (κ2) is 15.2. The van der Waals surface area contributed by atoms with E-state index in [1.807, 2.05) is 19.9 Å². The van der Waals surface area contributed by atoms with E-state index in [1.165, 1.54) is 38.5 Å². The standard InChI is InChI=1S/C25H42O3/c1-7-9-10-11-12-13-14-15-17-25(5,6)18-16-22(21(3)4)19-23(8-2)28-20-24(26)27/h8,15,17,19H,3,7,9-14,16,18,20H2,1-2,4-6H3,(H,26,27). The van der Waals surface area contributed by atoms with Crippen molar-refractivity contribution in [2.45, 2.75) is 92.4 Å². The van der Waals surface area contributed by atoms with Crippen LogP contribution in [0.25, 0.3) is 0 Å². The number of aliphatic carboxylic acids is 1. The van der Waals surface area contributed by atoms with Gasteiger partial charge >= 0.3 is 5.97 Å². The molecular weight excluding hydrogens is 348 g/mol. The summed E-state index contributed by atoms with van der Waals surface area (Å²) in [6.45, 7) is 14.3. The molecule has 0 amide bonds. The SMILES string of the molecule is C=C(C)C(=CC(=CC)OCC(=O)O)CCC(C)(C)C=CCCCCCCCC. The minimum atomic E-state index is -0.971. The minimum absolute atomic E-state index is 0.120. The van der Waals surface area contributed by atoms with E-state index < -0.39 is 5.97 Å². The fraction of sp³-hybridized carbons (Fsp3) is 0.640. The van der Waals surface area contributed by atoms with Gasteiger partial charge in [0.25, 0.3) is 0 Å². The van der Waals surface area contributed by atoms with Crippen LogP contribution in [0.4, 0.5) is 0 Å². The fourth-order valence-electron chi connectivity index (χ4n) is 2.92. The summed E-state index contributed by atoms with van der Waals surface area (Å²) in [7, 11) is 0. The molecule has 0 aromatic heterocycles. The molecule has 1 N–H and O–H groups in total. The van der Waals surface area contributed by atoms with Crippen LogP contribution in [0.5, 0.6) is 0 Å². The topological polar surface area (TPSA) is 46.5 Å². The van der Waals surface area contributed by atoms with Gasteiger partial charge in [-0.15, -0.1) is 0 Å². The fourth-order valence-corrected chi connectivity index (χ4v) is 2.92. The highest BCUT2D eigenvalue weighted by atomic mass is 16.5. The number of allylic oxidation sites excluding steroid dienone is 6. The highest BCUT2D eigenvalue weighted by Gasteiger charge is 2.15. The van der Waals surface area contributed by atoms with Crippen LogP contribution in [0.1, 0.15) is 92.4 Å². The van der Waals surface area contributed by atoms with Crippen LogP contribution < -0.4 is 0 Å². The molecule has 0 fully saturated rings. The molecule has 0 atom stereocenters. The molecular formula is C25H42O3. The van der Waals surface area contributed by atoms with Gasteiger partial charge in [-0.2, -0.15) is 0 Å². The van der Waals surface area contributed by atoms with Crippen molar-refractivity contribution >= 4 is 5.97 Å². The molecule has 0 saturated heterocycles. The summed E-state index contributed by atoms with van der Waals surface area (Å²) in [4.78, 5) is 10.7. The van der Waals surface area contributed by atoms with Gasteiger partial charge in [0.1, 0.15) is 5.76 Å². The van der Waals surface area contributed by atoms with Crippen molar-refractivity contribution in [2.24, 2.45) is 5.41 Å². The molecule has 0 heterocycles. The van der Waals surface area contributed by atoms with Crippen molar-refractivity contribution in [3.63, 3.8) is 0 Å². The van der Waals surface area contributed by atoms with Crippen LogP contribution in [-0.2, 0) is 9.53 Å². The van der Waals surface area contributed by atoms with Crippen LogP contribution in [-0.4, -0.2) is 17.7 Å². The first-order chi connectivity index (χ1) is 13.2. The van der Waals surface area contributed by atoms with Gasteiger partial charge in [-0.25, -0.2) is 4.79 Å². The molecule has 28 heavy (non-hydrogen) atoms. The molecule has 3 heteroatoms. The molecule has 0 unspecified atom stereocenters. The summed E-state index contributed by atoms with van der Waals surface area (Å²) >= 11 is 0. The lowest BCUT2D eigenvalue weighted by molar-refractivity contribution is -0.140. The van der Waals surface area contributed by atoms with Gasteiger partial charge in [-0.1, -0.05) is 77.2 Å². The summed E-state index contributed by atoms with van der Waals surface area (Å²) < 4.78 is 5.32. The molecule has 0 rings (SSSR count). The molecule has 0 bridgehead atoms. The Morgan fingerprint density at radius 2 is 1.79 bits per heavy atom. The number of rotatable bonds is 16. The van der Waals surface area contributed by atoms with Gasteiger partial charge in [0.2, 0.25) is 0 Å². The van der Waals surface area contributed by atoms with Gasteiger partial charge < -0.3 is 9.84 Å². The van der Waals surface area contributed by atoms with Gasteiger partial charge in [-0.05, 0) is 62.7 Å². The van der Waals surface area contributed by atoms with Gasteiger partial charge in [0, 0.05) is 0 Å². The molecule has 0 aliphatic carbocycles. The Balaban J connectivity index is 4.54. The molecule has 0 aromatic rings. The van der Waals surface area contributed by atoms with E-state index in [4.69, 9.17) is 9.84 Å². The van der Waals surface area contributed by atoms with Crippen LogP contribution in [0, 0.1) is 5.41 Å². The second-order valence-corrected chi connectivity index (χ2v) is 8.27. The zero-order valence-corrected chi connectivity index (χ0v) is 18.9. The summed E-state index contributed by atoms with van der Waals surface area (Å²) in [5, 5.41) is 8.79. The van der Waals surface area contributed by atoms with Crippen molar-refractivity contribution in [1.29, 1.82) is 0 Å². The van der Waals surface area contributed by atoms with E-state index in [9.17, 15) is 4.79 Å². The van der Waals surface area contributed by atoms with Crippen molar-refractivity contribution in [2.75, 3.05) is 6.61 Å². The molecule has 0 aromatic carbocycles.